The Morgan fingerprint density at radius 1 is 1.61 bits per heavy atom. The van der Waals surface area contributed by atoms with Crippen LogP contribution in [0.5, 0.6) is 0 Å². The van der Waals surface area contributed by atoms with Gasteiger partial charge in [0.15, 0.2) is 5.82 Å². The molecule has 7 heteroatoms. The van der Waals surface area contributed by atoms with E-state index in [0.29, 0.717) is 37.7 Å². The van der Waals surface area contributed by atoms with Crippen molar-refractivity contribution in [2.75, 3.05) is 6.61 Å². The maximum absolute atomic E-state index is 11.2. The molecule has 1 saturated heterocycles. The van der Waals surface area contributed by atoms with E-state index in [9.17, 15) is 9.90 Å². The zero-order chi connectivity index (χ0) is 12.8. The number of carboxylic acids is 1. The van der Waals surface area contributed by atoms with Gasteiger partial charge < -0.3 is 9.84 Å². The first-order valence-electron chi connectivity index (χ1n) is 6.23. The van der Waals surface area contributed by atoms with Crippen molar-refractivity contribution in [1.82, 2.24) is 20.2 Å². The number of nitrogens with zero attached hydrogens (tertiary/aromatic N) is 4. The van der Waals surface area contributed by atoms with Crippen molar-refractivity contribution in [3.63, 3.8) is 0 Å². The van der Waals surface area contributed by atoms with Crippen LogP contribution in [-0.2, 0) is 16.1 Å². The van der Waals surface area contributed by atoms with E-state index >= 15 is 0 Å². The summed E-state index contributed by atoms with van der Waals surface area (Å²) in [6.45, 7) is 3.15. The van der Waals surface area contributed by atoms with E-state index in [-0.39, 0.29) is 6.10 Å². The van der Waals surface area contributed by atoms with Gasteiger partial charge in [-0.15, -0.1) is 5.10 Å². The predicted molar refractivity (Wildman–Crippen MR) is 59.6 cm³/mol. The van der Waals surface area contributed by atoms with Crippen molar-refractivity contribution in [3.8, 4) is 0 Å². The molecule has 2 aliphatic rings. The molecule has 1 aliphatic carbocycles. The standard InChI is InChI=1S/C11H16N4O3/c1-7-2-5-18-8(7)9-12-13-14-15(9)6-11(3-4-11)10(16)17/h7-8H,2-6H2,1H3,(H,16,17). The maximum atomic E-state index is 11.2. The first-order valence-corrected chi connectivity index (χ1v) is 6.23. The van der Waals surface area contributed by atoms with Gasteiger partial charge >= 0.3 is 5.97 Å². The van der Waals surface area contributed by atoms with E-state index in [4.69, 9.17) is 4.74 Å². The lowest BCUT2D eigenvalue weighted by atomic mass is 10.0. The van der Waals surface area contributed by atoms with Crippen molar-refractivity contribution < 1.29 is 14.6 Å². The van der Waals surface area contributed by atoms with Crippen molar-refractivity contribution in [2.45, 2.75) is 38.8 Å². The molecule has 98 valence electrons. The minimum absolute atomic E-state index is 0.107. The summed E-state index contributed by atoms with van der Waals surface area (Å²) in [6.07, 6.45) is 2.28. The van der Waals surface area contributed by atoms with Crippen LogP contribution in [0.15, 0.2) is 0 Å². The van der Waals surface area contributed by atoms with E-state index in [0.717, 1.165) is 6.42 Å². The van der Waals surface area contributed by atoms with E-state index in [1.54, 1.807) is 4.68 Å². The molecule has 3 rings (SSSR count). The monoisotopic (exact) mass is 252 g/mol. The molecule has 1 N–H and O–H groups in total. The van der Waals surface area contributed by atoms with E-state index in [2.05, 4.69) is 22.4 Å². The molecule has 1 saturated carbocycles. The molecular weight excluding hydrogens is 236 g/mol. The van der Waals surface area contributed by atoms with E-state index in [1.165, 1.54) is 0 Å². The van der Waals surface area contributed by atoms with Crippen LogP contribution in [0.4, 0.5) is 0 Å². The van der Waals surface area contributed by atoms with Gasteiger partial charge in [-0.3, -0.25) is 4.79 Å². The minimum Gasteiger partial charge on any atom is -0.481 e. The predicted octanol–water partition coefficient (Wildman–Crippen LogP) is 0.635. The Morgan fingerprint density at radius 3 is 2.94 bits per heavy atom. The van der Waals surface area contributed by atoms with Gasteiger partial charge in [0.05, 0.1) is 12.0 Å². The second kappa shape index (κ2) is 4.01. The van der Waals surface area contributed by atoms with Crippen molar-refractivity contribution >= 4 is 5.97 Å². The van der Waals surface area contributed by atoms with Crippen LogP contribution in [0.25, 0.3) is 0 Å². The highest BCUT2D eigenvalue weighted by Crippen LogP contribution is 2.47. The van der Waals surface area contributed by atoms with Crippen LogP contribution in [0.3, 0.4) is 0 Å². The summed E-state index contributed by atoms with van der Waals surface area (Å²) in [4.78, 5) is 11.2. The Morgan fingerprint density at radius 2 is 2.39 bits per heavy atom. The average Bonchev–Trinajstić information content (AvgIpc) is 2.77. The number of aromatic nitrogens is 4. The zero-order valence-electron chi connectivity index (χ0n) is 10.2. The summed E-state index contributed by atoms with van der Waals surface area (Å²) < 4.78 is 7.24. The van der Waals surface area contributed by atoms with Gasteiger partial charge in [-0.2, -0.15) is 0 Å². The fraction of sp³-hybridized carbons (Fsp3) is 0.818. The molecule has 2 heterocycles. The van der Waals surface area contributed by atoms with Gasteiger partial charge in [0.1, 0.15) is 6.10 Å². The lowest BCUT2D eigenvalue weighted by Crippen LogP contribution is -2.25. The van der Waals surface area contributed by atoms with Crippen LogP contribution in [0, 0.1) is 11.3 Å². The average molecular weight is 252 g/mol. The smallest absolute Gasteiger partial charge is 0.311 e. The molecule has 2 fully saturated rings. The Labute approximate surface area is 104 Å². The Bertz CT molecular complexity index is 469. The quantitative estimate of drug-likeness (QED) is 0.845. The maximum Gasteiger partial charge on any atom is 0.311 e. The molecule has 1 aliphatic heterocycles. The second-order valence-electron chi connectivity index (χ2n) is 5.34. The molecule has 0 amide bonds. The summed E-state index contributed by atoms with van der Waals surface area (Å²) in [5.74, 6) is 0.270. The van der Waals surface area contributed by atoms with Gasteiger partial charge in [0.25, 0.3) is 0 Å². The first-order chi connectivity index (χ1) is 8.62. The number of ether oxygens (including phenoxy) is 1. The fourth-order valence-corrected chi connectivity index (χ4v) is 2.43. The number of tetrazole rings is 1. The third kappa shape index (κ3) is 1.78. The number of aliphatic carboxylic acids is 1. The number of carbonyl (C=O) groups is 1. The van der Waals surface area contributed by atoms with Crippen LogP contribution >= 0.6 is 0 Å². The molecule has 2 atom stereocenters. The lowest BCUT2D eigenvalue weighted by molar-refractivity contribution is -0.144. The van der Waals surface area contributed by atoms with Crippen LogP contribution < -0.4 is 0 Å². The van der Waals surface area contributed by atoms with Gasteiger partial charge in [-0.1, -0.05) is 6.92 Å². The molecule has 0 bridgehead atoms. The minimum atomic E-state index is -0.760. The van der Waals surface area contributed by atoms with Crippen molar-refractivity contribution in [3.05, 3.63) is 5.82 Å². The van der Waals surface area contributed by atoms with Crippen molar-refractivity contribution in [1.29, 1.82) is 0 Å². The molecule has 0 spiro atoms. The summed E-state index contributed by atoms with van der Waals surface area (Å²) in [7, 11) is 0. The summed E-state index contributed by atoms with van der Waals surface area (Å²) in [5.41, 5.74) is -0.661. The Kier molecular flexibility index (Phi) is 2.58. The summed E-state index contributed by atoms with van der Waals surface area (Å²) in [5, 5.41) is 20.8. The highest BCUT2D eigenvalue weighted by Gasteiger charge is 2.51. The third-order valence-corrected chi connectivity index (χ3v) is 3.96. The van der Waals surface area contributed by atoms with Gasteiger partial charge in [-0.25, -0.2) is 4.68 Å². The molecule has 7 nitrogen and oxygen atoms in total. The van der Waals surface area contributed by atoms with Gasteiger partial charge in [0, 0.05) is 6.61 Å². The normalized spacial score (nSPS) is 29.4. The molecule has 18 heavy (non-hydrogen) atoms. The second-order valence-corrected chi connectivity index (χ2v) is 5.34. The summed E-state index contributed by atoms with van der Waals surface area (Å²) >= 11 is 0. The fourth-order valence-electron chi connectivity index (χ4n) is 2.43. The SMILES string of the molecule is CC1CCOC1c1nnnn1CC1(C(=O)O)CC1. The third-order valence-electron chi connectivity index (χ3n) is 3.96. The molecule has 0 radical (unpaired) electrons. The molecule has 1 aromatic rings. The molecule has 1 aromatic heterocycles. The lowest BCUT2D eigenvalue weighted by Gasteiger charge is -2.16. The van der Waals surface area contributed by atoms with E-state index in [1.807, 2.05) is 0 Å². The van der Waals surface area contributed by atoms with Crippen LogP contribution in [0.2, 0.25) is 0 Å². The van der Waals surface area contributed by atoms with Gasteiger partial charge in [0.2, 0.25) is 0 Å². The van der Waals surface area contributed by atoms with Gasteiger partial charge in [-0.05, 0) is 35.6 Å². The molecular formula is C11H16N4O3. The van der Waals surface area contributed by atoms with E-state index < -0.39 is 11.4 Å². The first kappa shape index (κ1) is 11.6. The topological polar surface area (TPSA) is 90.1 Å². The number of hydrogen-bond donors (Lipinski definition) is 1. The highest BCUT2D eigenvalue weighted by atomic mass is 16.5. The van der Waals surface area contributed by atoms with Crippen molar-refractivity contribution in [2.24, 2.45) is 11.3 Å². The Balaban J connectivity index is 1.82. The van der Waals surface area contributed by atoms with Crippen LogP contribution in [-0.4, -0.2) is 37.9 Å². The largest absolute Gasteiger partial charge is 0.481 e. The number of rotatable bonds is 4. The summed E-state index contributed by atoms with van der Waals surface area (Å²) in [6, 6.07) is 0. The highest BCUT2D eigenvalue weighted by molar-refractivity contribution is 5.77. The Hall–Kier alpha value is -1.50. The zero-order valence-corrected chi connectivity index (χ0v) is 10.2. The number of hydrogen-bond acceptors (Lipinski definition) is 5. The van der Waals surface area contributed by atoms with Crippen LogP contribution in [0.1, 0.15) is 38.1 Å². The number of carboxylic acid groups (broad SMARTS) is 1. The molecule has 0 aromatic carbocycles. The molecule has 2 unspecified atom stereocenters.